The fourth-order valence-electron chi connectivity index (χ4n) is 2.29. The van der Waals surface area contributed by atoms with Gasteiger partial charge in [-0.2, -0.15) is 0 Å². The van der Waals surface area contributed by atoms with Gasteiger partial charge in [-0.15, -0.1) is 0 Å². The Kier molecular flexibility index (Phi) is 2.82. The maximum Gasteiger partial charge on any atom is 0.126 e. The third-order valence-corrected chi connectivity index (χ3v) is 3.09. The summed E-state index contributed by atoms with van der Waals surface area (Å²) < 4.78 is 31.7. The van der Waals surface area contributed by atoms with Gasteiger partial charge in [0.1, 0.15) is 12.3 Å². The first-order valence-corrected chi connectivity index (χ1v) is 5.21. The Morgan fingerprint density at radius 3 is 1.54 bits per heavy atom. The number of alkyl halides is 2. The Balaban J connectivity index is 1.82. The van der Waals surface area contributed by atoms with Crippen molar-refractivity contribution in [1.29, 1.82) is 0 Å². The summed E-state index contributed by atoms with van der Waals surface area (Å²) >= 11 is 0. The molecular weight excluding hydrogens is 174 g/mol. The Hall–Kier alpha value is -0.180. The van der Waals surface area contributed by atoms with Gasteiger partial charge in [-0.1, -0.05) is 0 Å². The third-order valence-electron chi connectivity index (χ3n) is 3.09. The summed E-state index contributed by atoms with van der Waals surface area (Å²) in [7, 11) is 0. The minimum Gasteiger partial charge on any atom is -0.369 e. The van der Waals surface area contributed by atoms with E-state index < -0.39 is 12.3 Å². The minimum absolute atomic E-state index is 0.318. The highest BCUT2D eigenvalue weighted by molar-refractivity contribution is 4.83. The summed E-state index contributed by atoms with van der Waals surface area (Å²) in [5, 5.41) is 0. The predicted octanol–water partition coefficient (Wildman–Crippen LogP) is 2.78. The molecule has 2 rings (SSSR count). The van der Waals surface area contributed by atoms with Crippen molar-refractivity contribution in [3.63, 3.8) is 0 Å². The van der Waals surface area contributed by atoms with Crippen molar-refractivity contribution >= 4 is 0 Å². The lowest BCUT2D eigenvalue weighted by Crippen LogP contribution is -2.29. The zero-order valence-corrected chi connectivity index (χ0v) is 7.72. The molecule has 1 nitrogen and oxygen atoms in total. The van der Waals surface area contributed by atoms with Crippen molar-refractivity contribution in [2.75, 3.05) is 0 Å². The highest BCUT2D eigenvalue weighted by atomic mass is 19.1. The SMILES string of the molecule is FC1CCCC1OC1CCCC1F. The first-order valence-electron chi connectivity index (χ1n) is 5.21. The average Bonchev–Trinajstić information content (AvgIpc) is 2.65. The second kappa shape index (κ2) is 3.91. The van der Waals surface area contributed by atoms with Gasteiger partial charge in [0.15, 0.2) is 0 Å². The van der Waals surface area contributed by atoms with Crippen LogP contribution in [-0.2, 0) is 4.74 Å². The summed E-state index contributed by atoms with van der Waals surface area (Å²) in [6.07, 6.45) is 2.14. The van der Waals surface area contributed by atoms with E-state index in [1.165, 1.54) is 0 Å². The molecule has 0 radical (unpaired) electrons. The second-order valence-electron chi connectivity index (χ2n) is 4.11. The van der Waals surface area contributed by atoms with Gasteiger partial charge in [0, 0.05) is 0 Å². The van der Waals surface area contributed by atoms with E-state index in [2.05, 4.69) is 0 Å². The van der Waals surface area contributed by atoms with Crippen LogP contribution in [0.1, 0.15) is 38.5 Å². The summed E-state index contributed by atoms with van der Waals surface area (Å²) in [6.45, 7) is 0. The van der Waals surface area contributed by atoms with Crippen molar-refractivity contribution in [3.05, 3.63) is 0 Å². The highest BCUT2D eigenvalue weighted by Gasteiger charge is 2.35. The van der Waals surface area contributed by atoms with E-state index in [1.54, 1.807) is 0 Å². The van der Waals surface area contributed by atoms with Gasteiger partial charge < -0.3 is 4.74 Å². The molecule has 0 aromatic carbocycles. The minimum atomic E-state index is -0.854. The van der Waals surface area contributed by atoms with Crippen LogP contribution in [0.5, 0.6) is 0 Å². The zero-order valence-electron chi connectivity index (χ0n) is 7.72. The summed E-state index contributed by atoms with van der Waals surface area (Å²) in [5.74, 6) is 0. The van der Waals surface area contributed by atoms with Gasteiger partial charge >= 0.3 is 0 Å². The molecule has 4 atom stereocenters. The molecule has 2 aliphatic carbocycles. The van der Waals surface area contributed by atoms with Gasteiger partial charge in [-0.05, 0) is 38.5 Å². The van der Waals surface area contributed by atoms with Crippen molar-refractivity contribution < 1.29 is 13.5 Å². The Bertz CT molecular complexity index is 156. The maximum absolute atomic E-state index is 13.1. The predicted molar refractivity (Wildman–Crippen MR) is 46.2 cm³/mol. The monoisotopic (exact) mass is 190 g/mol. The maximum atomic E-state index is 13.1. The Morgan fingerprint density at radius 2 is 1.23 bits per heavy atom. The molecule has 2 aliphatic rings. The molecule has 0 aromatic rings. The molecule has 76 valence electrons. The topological polar surface area (TPSA) is 9.23 Å². The van der Waals surface area contributed by atoms with Crippen molar-refractivity contribution in [2.24, 2.45) is 0 Å². The van der Waals surface area contributed by atoms with Crippen LogP contribution in [0.3, 0.4) is 0 Å². The van der Waals surface area contributed by atoms with Crippen LogP contribution in [-0.4, -0.2) is 24.6 Å². The zero-order chi connectivity index (χ0) is 9.26. The fraction of sp³-hybridized carbons (Fsp3) is 1.00. The average molecular weight is 190 g/mol. The third kappa shape index (κ3) is 2.01. The lowest BCUT2D eigenvalue weighted by Gasteiger charge is -2.20. The van der Waals surface area contributed by atoms with Crippen LogP contribution in [0.4, 0.5) is 8.78 Å². The molecule has 3 heteroatoms. The van der Waals surface area contributed by atoms with Gasteiger partial charge in [0.05, 0.1) is 12.2 Å². The number of hydrogen-bond donors (Lipinski definition) is 0. The van der Waals surface area contributed by atoms with E-state index in [1.807, 2.05) is 0 Å². The van der Waals surface area contributed by atoms with E-state index in [0.29, 0.717) is 12.8 Å². The highest BCUT2D eigenvalue weighted by Crippen LogP contribution is 2.31. The molecule has 0 N–H and O–H groups in total. The molecule has 0 saturated heterocycles. The first kappa shape index (κ1) is 9.38. The summed E-state index contributed by atoms with van der Waals surface area (Å²) in [4.78, 5) is 0. The summed E-state index contributed by atoms with van der Waals surface area (Å²) in [5.41, 5.74) is 0. The lowest BCUT2D eigenvalue weighted by molar-refractivity contribution is -0.0604. The number of rotatable bonds is 2. The van der Waals surface area contributed by atoms with E-state index in [4.69, 9.17) is 4.74 Å². The van der Waals surface area contributed by atoms with Gasteiger partial charge in [-0.3, -0.25) is 0 Å². The first-order chi connectivity index (χ1) is 6.27. The molecule has 0 bridgehead atoms. The molecular formula is C10H16F2O. The molecule has 0 amide bonds. The van der Waals surface area contributed by atoms with Crippen LogP contribution in [0.15, 0.2) is 0 Å². The molecule has 0 spiro atoms. The van der Waals surface area contributed by atoms with Crippen LogP contribution in [0.2, 0.25) is 0 Å². The lowest BCUT2D eigenvalue weighted by atomic mass is 10.2. The molecule has 4 unspecified atom stereocenters. The number of ether oxygens (including phenoxy) is 1. The van der Waals surface area contributed by atoms with Crippen molar-refractivity contribution in [1.82, 2.24) is 0 Å². The quantitative estimate of drug-likeness (QED) is 0.650. The number of halogens is 2. The van der Waals surface area contributed by atoms with E-state index >= 15 is 0 Å². The smallest absolute Gasteiger partial charge is 0.126 e. The molecule has 0 heterocycles. The summed E-state index contributed by atoms with van der Waals surface area (Å²) in [6, 6.07) is 0. The van der Waals surface area contributed by atoms with Crippen molar-refractivity contribution in [2.45, 2.75) is 63.1 Å². The molecule has 13 heavy (non-hydrogen) atoms. The fourth-order valence-corrected chi connectivity index (χ4v) is 2.29. The molecule has 2 fully saturated rings. The van der Waals surface area contributed by atoms with E-state index in [0.717, 1.165) is 25.7 Å². The van der Waals surface area contributed by atoms with Gasteiger partial charge in [0.25, 0.3) is 0 Å². The van der Waals surface area contributed by atoms with Crippen LogP contribution in [0, 0.1) is 0 Å². The number of hydrogen-bond acceptors (Lipinski definition) is 1. The van der Waals surface area contributed by atoms with E-state index in [-0.39, 0.29) is 12.2 Å². The Morgan fingerprint density at radius 1 is 0.769 bits per heavy atom. The largest absolute Gasteiger partial charge is 0.369 e. The Labute approximate surface area is 77.5 Å². The van der Waals surface area contributed by atoms with E-state index in [9.17, 15) is 8.78 Å². The standard InChI is InChI=1S/C10H16F2O/c11-7-3-1-5-9(7)13-10-6-2-4-8(10)12/h7-10H,1-6H2. The molecule has 0 aliphatic heterocycles. The van der Waals surface area contributed by atoms with Crippen molar-refractivity contribution in [3.8, 4) is 0 Å². The van der Waals surface area contributed by atoms with Gasteiger partial charge in [0.2, 0.25) is 0 Å². The van der Waals surface area contributed by atoms with Crippen LogP contribution in [0.25, 0.3) is 0 Å². The van der Waals surface area contributed by atoms with Gasteiger partial charge in [-0.25, -0.2) is 8.78 Å². The van der Waals surface area contributed by atoms with Crippen LogP contribution < -0.4 is 0 Å². The molecule has 0 aromatic heterocycles. The second-order valence-corrected chi connectivity index (χ2v) is 4.11. The van der Waals surface area contributed by atoms with Crippen LogP contribution >= 0.6 is 0 Å². The normalized spacial score (nSPS) is 45.7. The molecule has 2 saturated carbocycles.